The van der Waals surface area contributed by atoms with Crippen molar-refractivity contribution in [3.8, 4) is 0 Å². The molecule has 1 aliphatic rings. The molecule has 2 rings (SSSR count). The number of hydrogen-bond acceptors (Lipinski definition) is 3. The minimum Gasteiger partial charge on any atom is -0.395 e. The van der Waals surface area contributed by atoms with E-state index in [2.05, 4.69) is 32.3 Å². The fourth-order valence-corrected chi connectivity index (χ4v) is 3.42. The van der Waals surface area contributed by atoms with Crippen LogP contribution in [0, 0.1) is 0 Å². The van der Waals surface area contributed by atoms with Crippen molar-refractivity contribution in [1.82, 2.24) is 4.90 Å². The van der Waals surface area contributed by atoms with E-state index in [9.17, 15) is 5.11 Å². The predicted octanol–water partition coefficient (Wildman–Crippen LogP) is 2.47. The van der Waals surface area contributed by atoms with Crippen LogP contribution in [-0.2, 0) is 6.54 Å². The monoisotopic (exact) mass is 275 g/mol. The number of aliphatic hydroxyl groups is 1. The molecule has 0 amide bonds. The lowest BCUT2D eigenvalue weighted by Crippen LogP contribution is -2.31. The van der Waals surface area contributed by atoms with Crippen molar-refractivity contribution in [2.75, 3.05) is 13.2 Å². The van der Waals surface area contributed by atoms with Gasteiger partial charge in [-0.15, -0.1) is 11.3 Å². The zero-order valence-corrected chi connectivity index (χ0v) is 10.4. The average molecular weight is 276 g/mol. The zero-order valence-electron chi connectivity index (χ0n) is 7.95. The van der Waals surface area contributed by atoms with Crippen molar-refractivity contribution in [2.45, 2.75) is 25.4 Å². The van der Waals surface area contributed by atoms with E-state index < -0.39 is 0 Å². The van der Waals surface area contributed by atoms with Gasteiger partial charge >= 0.3 is 0 Å². The Hall–Kier alpha value is 0.1000. The Morgan fingerprint density at radius 2 is 2.50 bits per heavy atom. The third-order valence-electron chi connectivity index (χ3n) is 2.69. The summed E-state index contributed by atoms with van der Waals surface area (Å²) in [5.41, 5.74) is 0. The van der Waals surface area contributed by atoms with Gasteiger partial charge < -0.3 is 5.11 Å². The van der Waals surface area contributed by atoms with E-state index in [0.29, 0.717) is 12.6 Å². The number of halogens is 1. The standard InChI is InChI=1S/C10H14BrNOS/c11-8-4-10(14-7-8)5-12-3-1-2-9(12)6-13/h4,7,9,13H,1-3,5-6H2. The first kappa shape index (κ1) is 10.6. The molecular weight excluding hydrogens is 262 g/mol. The van der Waals surface area contributed by atoms with Crippen LogP contribution in [-0.4, -0.2) is 29.2 Å². The summed E-state index contributed by atoms with van der Waals surface area (Å²) < 4.78 is 1.16. The Labute approximate surface area is 96.7 Å². The lowest BCUT2D eigenvalue weighted by molar-refractivity contribution is 0.154. The highest BCUT2D eigenvalue weighted by Crippen LogP contribution is 2.25. The maximum Gasteiger partial charge on any atom is 0.0587 e. The molecule has 1 aromatic rings. The van der Waals surface area contributed by atoms with E-state index in [1.807, 2.05) is 0 Å². The number of aliphatic hydroxyl groups excluding tert-OH is 1. The second-order valence-corrected chi connectivity index (χ2v) is 5.59. The van der Waals surface area contributed by atoms with Gasteiger partial charge in [-0.05, 0) is 41.4 Å². The van der Waals surface area contributed by atoms with Crippen LogP contribution in [0.25, 0.3) is 0 Å². The molecule has 0 saturated carbocycles. The van der Waals surface area contributed by atoms with Crippen LogP contribution in [0.4, 0.5) is 0 Å². The maximum absolute atomic E-state index is 9.17. The third kappa shape index (κ3) is 2.37. The quantitative estimate of drug-likeness (QED) is 0.916. The lowest BCUT2D eigenvalue weighted by Gasteiger charge is -2.21. The van der Waals surface area contributed by atoms with Gasteiger partial charge in [0.2, 0.25) is 0 Å². The summed E-state index contributed by atoms with van der Waals surface area (Å²) in [5.74, 6) is 0. The van der Waals surface area contributed by atoms with Gasteiger partial charge in [-0.1, -0.05) is 0 Å². The van der Waals surface area contributed by atoms with Crippen molar-refractivity contribution >= 4 is 27.3 Å². The van der Waals surface area contributed by atoms with Crippen molar-refractivity contribution < 1.29 is 5.11 Å². The van der Waals surface area contributed by atoms with Gasteiger partial charge in [-0.25, -0.2) is 0 Å². The van der Waals surface area contributed by atoms with Crippen LogP contribution in [0.5, 0.6) is 0 Å². The van der Waals surface area contributed by atoms with Crippen LogP contribution >= 0.6 is 27.3 Å². The smallest absolute Gasteiger partial charge is 0.0587 e. The summed E-state index contributed by atoms with van der Waals surface area (Å²) in [6, 6.07) is 2.55. The Bertz CT molecular complexity index is 302. The molecule has 1 atom stereocenters. The molecule has 0 bridgehead atoms. The summed E-state index contributed by atoms with van der Waals surface area (Å²) in [4.78, 5) is 3.75. The highest BCUT2D eigenvalue weighted by Gasteiger charge is 2.23. The van der Waals surface area contributed by atoms with Gasteiger partial charge in [0.1, 0.15) is 0 Å². The summed E-state index contributed by atoms with van der Waals surface area (Å²) >= 11 is 5.23. The van der Waals surface area contributed by atoms with Gasteiger partial charge in [0.25, 0.3) is 0 Å². The molecule has 1 N–H and O–H groups in total. The van der Waals surface area contributed by atoms with Gasteiger partial charge in [0.15, 0.2) is 0 Å². The summed E-state index contributed by atoms with van der Waals surface area (Å²) in [6.45, 7) is 2.41. The molecule has 1 saturated heterocycles. The van der Waals surface area contributed by atoms with Crippen LogP contribution in [0.15, 0.2) is 15.9 Å². The summed E-state index contributed by atoms with van der Waals surface area (Å²) in [5, 5.41) is 11.3. The third-order valence-corrected chi connectivity index (χ3v) is 4.37. The van der Waals surface area contributed by atoms with Gasteiger partial charge in [-0.2, -0.15) is 0 Å². The fourth-order valence-electron chi connectivity index (χ4n) is 1.95. The molecule has 4 heteroatoms. The molecule has 78 valence electrons. The van der Waals surface area contributed by atoms with Crippen molar-refractivity contribution in [3.63, 3.8) is 0 Å². The Morgan fingerprint density at radius 1 is 1.64 bits per heavy atom. The minimum absolute atomic E-state index is 0.298. The lowest BCUT2D eigenvalue weighted by atomic mass is 10.2. The Morgan fingerprint density at radius 3 is 3.14 bits per heavy atom. The van der Waals surface area contributed by atoms with E-state index in [-0.39, 0.29) is 0 Å². The predicted molar refractivity (Wildman–Crippen MR) is 62.5 cm³/mol. The van der Waals surface area contributed by atoms with Gasteiger partial charge in [-0.3, -0.25) is 4.90 Å². The summed E-state index contributed by atoms with van der Waals surface area (Å²) in [7, 11) is 0. The normalized spacial score (nSPS) is 23.1. The maximum atomic E-state index is 9.17. The van der Waals surface area contributed by atoms with Crippen molar-refractivity contribution in [3.05, 3.63) is 20.8 Å². The molecule has 1 fully saturated rings. The average Bonchev–Trinajstić information content (AvgIpc) is 2.76. The van der Waals surface area contributed by atoms with E-state index >= 15 is 0 Å². The first-order valence-corrected chi connectivity index (χ1v) is 6.54. The molecule has 0 aliphatic carbocycles. The van der Waals surface area contributed by atoms with E-state index in [1.54, 1.807) is 11.3 Å². The van der Waals surface area contributed by atoms with E-state index in [4.69, 9.17) is 0 Å². The molecular formula is C10H14BrNOS. The van der Waals surface area contributed by atoms with Crippen LogP contribution in [0.1, 0.15) is 17.7 Å². The van der Waals surface area contributed by atoms with Crippen molar-refractivity contribution in [1.29, 1.82) is 0 Å². The SMILES string of the molecule is OCC1CCCN1Cc1cc(Br)cs1. The van der Waals surface area contributed by atoms with Gasteiger partial charge in [0.05, 0.1) is 6.61 Å². The zero-order chi connectivity index (χ0) is 9.97. The second kappa shape index (κ2) is 4.75. The van der Waals surface area contributed by atoms with Gasteiger partial charge in [0, 0.05) is 27.3 Å². The number of hydrogen-bond donors (Lipinski definition) is 1. The number of nitrogens with zero attached hydrogens (tertiary/aromatic N) is 1. The van der Waals surface area contributed by atoms with Crippen molar-refractivity contribution in [2.24, 2.45) is 0 Å². The van der Waals surface area contributed by atoms with E-state index in [0.717, 1.165) is 24.0 Å². The summed E-state index contributed by atoms with van der Waals surface area (Å²) in [6.07, 6.45) is 2.36. The molecule has 0 aromatic carbocycles. The molecule has 2 heterocycles. The number of likely N-dealkylation sites (tertiary alicyclic amines) is 1. The minimum atomic E-state index is 0.298. The first-order chi connectivity index (χ1) is 6.79. The molecule has 0 radical (unpaired) electrons. The van der Waals surface area contributed by atoms with Crippen LogP contribution in [0.2, 0.25) is 0 Å². The molecule has 1 aliphatic heterocycles. The molecule has 1 aromatic heterocycles. The number of rotatable bonds is 3. The molecule has 2 nitrogen and oxygen atoms in total. The molecule has 1 unspecified atom stereocenters. The molecule has 0 spiro atoms. The topological polar surface area (TPSA) is 23.5 Å². The van der Waals surface area contributed by atoms with Crippen LogP contribution in [0.3, 0.4) is 0 Å². The Balaban J connectivity index is 1.96. The highest BCUT2D eigenvalue weighted by molar-refractivity contribution is 9.10. The largest absolute Gasteiger partial charge is 0.395 e. The number of thiophene rings is 1. The highest BCUT2D eigenvalue weighted by atomic mass is 79.9. The fraction of sp³-hybridized carbons (Fsp3) is 0.600. The Kier molecular flexibility index (Phi) is 3.60. The van der Waals surface area contributed by atoms with Crippen LogP contribution < -0.4 is 0 Å². The second-order valence-electron chi connectivity index (χ2n) is 3.68. The molecule has 14 heavy (non-hydrogen) atoms. The van der Waals surface area contributed by atoms with E-state index in [1.165, 1.54) is 11.3 Å². The first-order valence-electron chi connectivity index (χ1n) is 4.87.